The fourth-order valence-electron chi connectivity index (χ4n) is 4.55. The van der Waals surface area contributed by atoms with Crippen LogP contribution >= 0.6 is 0 Å². The highest BCUT2D eigenvalue weighted by molar-refractivity contribution is 5.72. The number of hydrogen-bond acceptors (Lipinski definition) is 11. The van der Waals surface area contributed by atoms with Crippen molar-refractivity contribution in [3.05, 3.63) is 29.1 Å². The average Bonchev–Trinajstić information content (AvgIpc) is 3.16. The molecule has 0 atom stereocenters. The predicted octanol–water partition coefficient (Wildman–Crippen LogP) is 6.75. The Kier molecular flexibility index (Phi) is 33.0. The van der Waals surface area contributed by atoms with Crippen molar-refractivity contribution in [2.75, 3.05) is 119 Å². The summed E-state index contributed by atoms with van der Waals surface area (Å²) in [4.78, 5) is 11.7. The average molecular weight is 777 g/mol. The number of esters is 1. The Morgan fingerprint density at radius 2 is 0.623 bits per heavy atom. The maximum absolute atomic E-state index is 13.5. The maximum atomic E-state index is 13.5. The number of halogens is 5. The van der Waals surface area contributed by atoms with Crippen LogP contribution in [0, 0.1) is 29.1 Å². The first-order chi connectivity index (χ1) is 25.9. The third-order valence-electron chi connectivity index (χ3n) is 7.45. The number of rotatable bonds is 39. The van der Waals surface area contributed by atoms with Gasteiger partial charge in [0, 0.05) is 6.61 Å². The highest BCUT2D eigenvalue weighted by Gasteiger charge is 2.28. The van der Waals surface area contributed by atoms with Crippen LogP contribution in [0.5, 0.6) is 5.75 Å². The molecule has 53 heavy (non-hydrogen) atoms. The second-order valence-electron chi connectivity index (χ2n) is 11.8. The molecule has 0 bridgehead atoms. The van der Waals surface area contributed by atoms with Gasteiger partial charge in [0.05, 0.1) is 119 Å². The molecule has 0 N–H and O–H groups in total. The van der Waals surface area contributed by atoms with E-state index in [0.29, 0.717) is 85.9 Å². The van der Waals surface area contributed by atoms with Crippen LogP contribution in [0.2, 0.25) is 0 Å². The molecule has 16 heteroatoms. The molecule has 0 fully saturated rings. The lowest BCUT2D eigenvalue weighted by atomic mass is 10.1. The Bertz CT molecular complexity index is 997. The normalized spacial score (nSPS) is 11.5. The second kappa shape index (κ2) is 35.7. The van der Waals surface area contributed by atoms with Crippen LogP contribution in [0.25, 0.3) is 0 Å². The maximum Gasteiger partial charge on any atom is 0.313 e. The highest BCUT2D eigenvalue weighted by Crippen LogP contribution is 2.29. The Hall–Kier alpha value is -2.02. The van der Waals surface area contributed by atoms with Crippen molar-refractivity contribution in [2.24, 2.45) is 0 Å². The summed E-state index contributed by atoms with van der Waals surface area (Å²) < 4.78 is 120. The molecule has 1 aromatic carbocycles. The summed E-state index contributed by atoms with van der Waals surface area (Å²) in [5.41, 5.74) is 0. The van der Waals surface area contributed by atoms with Gasteiger partial charge in [0.2, 0.25) is 34.8 Å². The van der Waals surface area contributed by atoms with E-state index in [2.05, 4.69) is 11.7 Å². The summed E-state index contributed by atoms with van der Waals surface area (Å²) in [6.07, 6.45) is 12.7. The monoisotopic (exact) mass is 776 g/mol. The Morgan fingerprint density at radius 3 is 0.962 bits per heavy atom. The van der Waals surface area contributed by atoms with Gasteiger partial charge in [-0.15, -0.1) is 0 Å². The summed E-state index contributed by atoms with van der Waals surface area (Å²) in [6, 6.07) is 0. The standard InChI is InChI=1S/C37H61F5O11/c1-2-3-4-5-6-7-8-9-10-11-13-44-15-17-46-19-21-48-23-25-50-27-29-52-30-28-51-26-24-49-22-20-47-18-16-45-14-12-31(43)53-37-35(41)33(39)32(38)34(40)36(37)42/h2-30H2,1H3. The lowest BCUT2D eigenvalue weighted by molar-refractivity contribution is -0.136. The first-order valence-corrected chi connectivity index (χ1v) is 18.8. The Balaban J connectivity index is 1.72. The third kappa shape index (κ3) is 27.2. The van der Waals surface area contributed by atoms with Crippen molar-refractivity contribution in [1.82, 2.24) is 0 Å². The minimum Gasteiger partial charge on any atom is -0.420 e. The van der Waals surface area contributed by atoms with Gasteiger partial charge < -0.3 is 47.4 Å². The van der Waals surface area contributed by atoms with Crippen LogP contribution in [0.15, 0.2) is 0 Å². The molecule has 0 aromatic heterocycles. The molecule has 0 heterocycles. The van der Waals surface area contributed by atoms with E-state index in [-0.39, 0.29) is 26.4 Å². The molecule has 0 saturated heterocycles. The molecule has 11 nitrogen and oxygen atoms in total. The van der Waals surface area contributed by atoms with Gasteiger partial charge in [0.25, 0.3) is 0 Å². The quantitative estimate of drug-likeness (QED) is 0.0177. The third-order valence-corrected chi connectivity index (χ3v) is 7.45. The zero-order chi connectivity index (χ0) is 38.6. The topological polar surface area (TPSA) is 109 Å². The first kappa shape index (κ1) is 49.0. The SMILES string of the molecule is CCCCCCCCCCCCOCCOCCOCCOCCOCCOCCOCCOCCOCCC(=O)Oc1c(F)c(F)c(F)c(F)c1F. The highest BCUT2D eigenvalue weighted by atomic mass is 19.2. The van der Waals surface area contributed by atoms with Crippen molar-refractivity contribution in [3.63, 3.8) is 0 Å². The van der Waals surface area contributed by atoms with Gasteiger partial charge in [-0.2, -0.15) is 8.78 Å². The number of benzene rings is 1. The number of carbonyl (C=O) groups is 1. The van der Waals surface area contributed by atoms with Crippen molar-refractivity contribution in [1.29, 1.82) is 0 Å². The molecule has 0 unspecified atom stereocenters. The van der Waals surface area contributed by atoms with Crippen molar-refractivity contribution < 1.29 is 74.1 Å². The van der Waals surface area contributed by atoms with Crippen LogP contribution < -0.4 is 4.74 Å². The van der Waals surface area contributed by atoms with Crippen LogP contribution in [0.1, 0.15) is 77.6 Å². The summed E-state index contributed by atoms with van der Waals surface area (Å²) in [5, 5.41) is 0. The van der Waals surface area contributed by atoms with Gasteiger partial charge in [-0.3, -0.25) is 4.79 Å². The van der Waals surface area contributed by atoms with Gasteiger partial charge in [-0.05, 0) is 6.42 Å². The molecule has 0 radical (unpaired) electrons. The number of ether oxygens (including phenoxy) is 10. The molecule has 1 aromatic rings. The van der Waals surface area contributed by atoms with Crippen LogP contribution in [0.3, 0.4) is 0 Å². The van der Waals surface area contributed by atoms with Gasteiger partial charge in [-0.25, -0.2) is 13.2 Å². The van der Waals surface area contributed by atoms with Gasteiger partial charge in [0.1, 0.15) is 0 Å². The van der Waals surface area contributed by atoms with E-state index < -0.39 is 47.2 Å². The zero-order valence-electron chi connectivity index (χ0n) is 31.4. The molecule has 310 valence electrons. The van der Waals surface area contributed by atoms with E-state index in [1.807, 2.05) is 0 Å². The largest absolute Gasteiger partial charge is 0.420 e. The van der Waals surface area contributed by atoms with Gasteiger partial charge in [-0.1, -0.05) is 64.7 Å². The molecule has 0 aliphatic heterocycles. The predicted molar refractivity (Wildman–Crippen MR) is 186 cm³/mol. The van der Waals surface area contributed by atoms with Crippen molar-refractivity contribution >= 4 is 5.97 Å². The number of carbonyl (C=O) groups excluding carboxylic acids is 1. The minimum atomic E-state index is -2.34. The first-order valence-electron chi connectivity index (χ1n) is 18.8. The lowest BCUT2D eigenvalue weighted by Gasteiger charge is -2.09. The van der Waals surface area contributed by atoms with E-state index in [1.165, 1.54) is 57.8 Å². The van der Waals surface area contributed by atoms with E-state index in [9.17, 15) is 26.7 Å². The summed E-state index contributed by atoms with van der Waals surface area (Å²) in [6.45, 7) is 9.40. The molecule has 0 aliphatic rings. The van der Waals surface area contributed by atoms with E-state index in [1.54, 1.807) is 0 Å². The summed E-state index contributed by atoms with van der Waals surface area (Å²) in [7, 11) is 0. The molecular formula is C37H61F5O11. The molecular weight excluding hydrogens is 715 g/mol. The zero-order valence-corrected chi connectivity index (χ0v) is 31.4. The second-order valence-corrected chi connectivity index (χ2v) is 11.8. The van der Waals surface area contributed by atoms with E-state index in [0.717, 1.165) is 13.0 Å². The van der Waals surface area contributed by atoms with Crippen molar-refractivity contribution in [3.8, 4) is 5.75 Å². The van der Waals surface area contributed by atoms with Crippen molar-refractivity contribution in [2.45, 2.75) is 77.6 Å². The Labute approximate surface area is 311 Å². The van der Waals surface area contributed by atoms with Crippen LogP contribution in [-0.2, 0) is 47.4 Å². The minimum absolute atomic E-state index is 0.0866. The van der Waals surface area contributed by atoms with Gasteiger partial charge in [0.15, 0.2) is 0 Å². The summed E-state index contributed by atoms with van der Waals surface area (Å²) in [5.74, 6) is -14.1. The van der Waals surface area contributed by atoms with E-state index in [4.69, 9.17) is 42.6 Å². The summed E-state index contributed by atoms with van der Waals surface area (Å²) >= 11 is 0. The fraction of sp³-hybridized carbons (Fsp3) is 0.811. The van der Waals surface area contributed by atoms with Crippen LogP contribution in [-0.4, -0.2) is 125 Å². The van der Waals surface area contributed by atoms with Crippen LogP contribution in [0.4, 0.5) is 22.0 Å². The van der Waals surface area contributed by atoms with Gasteiger partial charge >= 0.3 is 5.97 Å². The molecule has 0 amide bonds. The fourth-order valence-corrected chi connectivity index (χ4v) is 4.55. The lowest BCUT2D eigenvalue weighted by Crippen LogP contribution is -2.16. The molecule has 0 spiro atoms. The Morgan fingerprint density at radius 1 is 0.358 bits per heavy atom. The molecule has 1 rings (SSSR count). The number of hydrogen-bond donors (Lipinski definition) is 0. The van der Waals surface area contributed by atoms with E-state index >= 15 is 0 Å². The number of unbranched alkanes of at least 4 members (excludes halogenated alkanes) is 9. The smallest absolute Gasteiger partial charge is 0.313 e. The molecule has 0 aliphatic carbocycles. The molecule has 0 saturated carbocycles.